The Kier molecular flexibility index (Phi) is 5.44. The van der Waals surface area contributed by atoms with E-state index in [1.54, 1.807) is 12.1 Å². The fourth-order valence-electron chi connectivity index (χ4n) is 2.42. The number of thioether (sulfide) groups is 1. The van der Waals surface area contributed by atoms with Crippen LogP contribution in [0.25, 0.3) is 17.1 Å². The van der Waals surface area contributed by atoms with Gasteiger partial charge in [-0.2, -0.15) is 0 Å². The number of rotatable bonds is 5. The minimum absolute atomic E-state index is 0.0434. The summed E-state index contributed by atoms with van der Waals surface area (Å²) in [5.41, 5.74) is 1.69. The molecule has 3 rings (SSSR count). The van der Waals surface area contributed by atoms with Gasteiger partial charge in [-0.1, -0.05) is 29.8 Å². The number of aliphatic hydroxyl groups excluding tert-OH is 1. The minimum atomic E-state index is -0.231. The highest BCUT2D eigenvalue weighted by atomic mass is 35.5. The predicted molar refractivity (Wildman–Crippen MR) is 104 cm³/mol. The first kappa shape index (κ1) is 18.2. The topological polar surface area (TPSA) is 68.0 Å². The van der Waals surface area contributed by atoms with Crippen LogP contribution in [-0.2, 0) is 4.79 Å². The summed E-state index contributed by atoms with van der Waals surface area (Å²) in [5, 5.41) is 19.5. The molecule has 2 aromatic carbocycles. The van der Waals surface area contributed by atoms with Gasteiger partial charge in [-0.05, 0) is 62.0 Å². The van der Waals surface area contributed by atoms with Crippen LogP contribution in [0.2, 0.25) is 5.02 Å². The number of carbonyl (C=O) groups is 1. The van der Waals surface area contributed by atoms with Crippen molar-refractivity contribution in [3.8, 4) is 17.1 Å². The summed E-state index contributed by atoms with van der Waals surface area (Å²) in [6.07, 6.45) is 0. The maximum Gasteiger partial charge on any atom is 0.201 e. The van der Waals surface area contributed by atoms with E-state index >= 15 is 0 Å². The Morgan fingerprint density at radius 3 is 2.27 bits per heavy atom. The van der Waals surface area contributed by atoms with Crippen LogP contribution in [0, 0.1) is 0 Å². The first-order valence-electron chi connectivity index (χ1n) is 7.83. The number of aliphatic hydroxyl groups is 1. The van der Waals surface area contributed by atoms with Gasteiger partial charge in [0.2, 0.25) is 5.16 Å². The van der Waals surface area contributed by atoms with E-state index in [1.165, 1.54) is 13.8 Å². The van der Waals surface area contributed by atoms with Gasteiger partial charge >= 0.3 is 0 Å². The molecule has 0 spiro atoms. The van der Waals surface area contributed by atoms with Crippen LogP contribution in [0.1, 0.15) is 13.8 Å². The van der Waals surface area contributed by atoms with Crippen molar-refractivity contribution in [2.75, 3.05) is 0 Å². The summed E-state index contributed by atoms with van der Waals surface area (Å²) in [4.78, 5) is 12.1. The molecule has 5 nitrogen and oxygen atoms in total. The van der Waals surface area contributed by atoms with E-state index in [1.807, 2.05) is 47.0 Å². The Labute approximate surface area is 160 Å². The maximum atomic E-state index is 11.8. The number of hydrogen-bond donors (Lipinski definition) is 1. The first-order chi connectivity index (χ1) is 12.5. The molecule has 132 valence electrons. The summed E-state index contributed by atoms with van der Waals surface area (Å²) >= 11 is 7.07. The van der Waals surface area contributed by atoms with Crippen molar-refractivity contribution >= 4 is 29.1 Å². The van der Waals surface area contributed by atoms with E-state index in [-0.39, 0.29) is 16.4 Å². The molecule has 0 fully saturated rings. The van der Waals surface area contributed by atoms with Crippen molar-refractivity contribution in [1.29, 1.82) is 0 Å². The van der Waals surface area contributed by atoms with Gasteiger partial charge in [0, 0.05) is 16.3 Å². The Hall–Kier alpha value is -2.57. The molecule has 1 aromatic heterocycles. The van der Waals surface area contributed by atoms with E-state index in [2.05, 4.69) is 10.2 Å². The van der Waals surface area contributed by atoms with Crippen LogP contribution >= 0.6 is 23.4 Å². The first-order valence-corrected chi connectivity index (χ1v) is 9.02. The molecule has 0 aliphatic heterocycles. The monoisotopic (exact) mass is 385 g/mol. The molecule has 3 aromatic rings. The van der Waals surface area contributed by atoms with E-state index < -0.39 is 0 Å². The molecule has 1 N–H and O–H groups in total. The highest BCUT2D eigenvalue weighted by molar-refractivity contribution is 8.03. The second kappa shape index (κ2) is 7.76. The number of para-hydroxylation sites is 1. The Morgan fingerprint density at radius 2 is 1.69 bits per heavy atom. The van der Waals surface area contributed by atoms with Crippen molar-refractivity contribution in [3.63, 3.8) is 0 Å². The summed E-state index contributed by atoms with van der Waals surface area (Å²) in [6.45, 7) is 2.89. The lowest BCUT2D eigenvalue weighted by Gasteiger charge is -2.11. The lowest BCUT2D eigenvalue weighted by atomic mass is 10.2. The molecular formula is C19H16ClN3O2S. The van der Waals surface area contributed by atoms with Gasteiger partial charge in [0.1, 0.15) is 5.76 Å². The van der Waals surface area contributed by atoms with Crippen molar-refractivity contribution in [1.82, 2.24) is 14.8 Å². The summed E-state index contributed by atoms with van der Waals surface area (Å²) < 4.78 is 1.85. The van der Waals surface area contributed by atoms with Crippen LogP contribution < -0.4 is 0 Å². The summed E-state index contributed by atoms with van der Waals surface area (Å²) in [7, 11) is 0. The highest BCUT2D eigenvalue weighted by Crippen LogP contribution is 2.33. The lowest BCUT2D eigenvalue weighted by Crippen LogP contribution is -2.02. The molecule has 0 bridgehead atoms. The third kappa shape index (κ3) is 3.81. The van der Waals surface area contributed by atoms with Crippen molar-refractivity contribution in [3.05, 3.63) is 70.3 Å². The van der Waals surface area contributed by atoms with Crippen LogP contribution in [0.3, 0.4) is 0 Å². The molecule has 1 heterocycles. The number of nitrogens with zero attached hydrogens (tertiary/aromatic N) is 3. The van der Waals surface area contributed by atoms with E-state index in [9.17, 15) is 9.90 Å². The van der Waals surface area contributed by atoms with Gasteiger partial charge in [0.05, 0.1) is 4.91 Å². The summed E-state index contributed by atoms with van der Waals surface area (Å²) in [6, 6.07) is 16.9. The second-order valence-electron chi connectivity index (χ2n) is 5.56. The number of carbonyl (C=O) groups excluding carboxylic acids is 1. The molecular weight excluding hydrogens is 370 g/mol. The Bertz CT molecular complexity index is 962. The average molecular weight is 386 g/mol. The molecule has 0 unspecified atom stereocenters. The van der Waals surface area contributed by atoms with Crippen molar-refractivity contribution in [2.24, 2.45) is 0 Å². The third-order valence-electron chi connectivity index (χ3n) is 3.59. The fourth-order valence-corrected chi connectivity index (χ4v) is 3.39. The molecule has 0 radical (unpaired) electrons. The fraction of sp³-hybridized carbons (Fsp3) is 0.105. The SMILES string of the molecule is CC(=O)/C(Sc1nnc(-c2ccc(Cl)cc2)n1-c1ccccc1)=C(\C)O. The largest absolute Gasteiger partial charge is 0.511 e. The third-order valence-corrected chi connectivity index (χ3v) is 5.08. The molecule has 26 heavy (non-hydrogen) atoms. The minimum Gasteiger partial charge on any atom is -0.511 e. The predicted octanol–water partition coefficient (Wildman–Crippen LogP) is 5.06. The average Bonchev–Trinajstić information content (AvgIpc) is 3.04. The summed E-state index contributed by atoms with van der Waals surface area (Å²) in [5.74, 6) is 0.345. The molecule has 0 atom stereocenters. The smallest absolute Gasteiger partial charge is 0.201 e. The normalized spacial score (nSPS) is 12.0. The maximum absolute atomic E-state index is 11.8. The number of hydrogen-bond acceptors (Lipinski definition) is 5. The van der Waals surface area contributed by atoms with Gasteiger partial charge in [0.15, 0.2) is 11.6 Å². The zero-order valence-corrected chi connectivity index (χ0v) is 15.8. The lowest BCUT2D eigenvalue weighted by molar-refractivity contribution is -0.113. The quantitative estimate of drug-likeness (QED) is 0.377. The molecule has 0 aliphatic carbocycles. The van der Waals surface area contributed by atoms with Gasteiger partial charge in [-0.25, -0.2) is 0 Å². The zero-order valence-electron chi connectivity index (χ0n) is 14.2. The number of halogens is 1. The Morgan fingerprint density at radius 1 is 1.04 bits per heavy atom. The number of allylic oxidation sites excluding steroid dienone is 2. The molecule has 0 aliphatic rings. The van der Waals surface area contributed by atoms with Gasteiger partial charge in [-0.3, -0.25) is 9.36 Å². The van der Waals surface area contributed by atoms with Gasteiger partial charge in [0.25, 0.3) is 0 Å². The highest BCUT2D eigenvalue weighted by Gasteiger charge is 2.20. The molecule has 0 saturated heterocycles. The zero-order chi connectivity index (χ0) is 18.7. The van der Waals surface area contributed by atoms with Crippen LogP contribution in [0.15, 0.2) is 70.4 Å². The van der Waals surface area contributed by atoms with Crippen LogP contribution in [0.4, 0.5) is 0 Å². The van der Waals surface area contributed by atoms with E-state index in [4.69, 9.17) is 11.6 Å². The standard InChI is InChI=1S/C19H16ClN3O2S/c1-12(24)17(13(2)25)26-19-22-21-18(14-8-10-15(20)11-9-14)23(19)16-6-4-3-5-7-16/h3-11,24H,1-2H3/b17-12-. The van der Waals surface area contributed by atoms with Gasteiger partial charge < -0.3 is 5.11 Å². The number of Topliss-reactive ketones (excluding diaryl/α,β-unsaturated/α-hetero) is 1. The second-order valence-corrected chi connectivity index (χ2v) is 6.97. The van der Waals surface area contributed by atoms with E-state index in [0.717, 1.165) is 23.0 Å². The Balaban J connectivity index is 2.16. The van der Waals surface area contributed by atoms with Crippen molar-refractivity contribution in [2.45, 2.75) is 19.0 Å². The number of benzene rings is 2. The van der Waals surface area contributed by atoms with Crippen LogP contribution in [0.5, 0.6) is 0 Å². The number of aromatic nitrogens is 3. The van der Waals surface area contributed by atoms with Crippen LogP contribution in [-0.4, -0.2) is 25.7 Å². The van der Waals surface area contributed by atoms with E-state index in [0.29, 0.717) is 16.0 Å². The van der Waals surface area contributed by atoms with Gasteiger partial charge in [-0.15, -0.1) is 10.2 Å². The molecule has 0 amide bonds. The number of ketones is 1. The molecule has 7 heteroatoms. The molecule has 0 saturated carbocycles. The van der Waals surface area contributed by atoms with Crippen molar-refractivity contribution < 1.29 is 9.90 Å².